The van der Waals surface area contributed by atoms with Crippen molar-refractivity contribution in [3.8, 4) is 17.4 Å². The van der Waals surface area contributed by atoms with Gasteiger partial charge >= 0.3 is 11.9 Å². The van der Waals surface area contributed by atoms with E-state index >= 15 is 0 Å². The van der Waals surface area contributed by atoms with Gasteiger partial charge in [-0.25, -0.2) is 4.79 Å². The number of nitrogens with zero attached hydrogens (tertiary/aromatic N) is 1. The predicted octanol–water partition coefficient (Wildman–Crippen LogP) is 3.16. The van der Waals surface area contributed by atoms with Gasteiger partial charge in [0.15, 0.2) is 0 Å². The van der Waals surface area contributed by atoms with Crippen LogP contribution in [0.15, 0.2) is 33.6 Å². The number of carboxylic acids is 1. The average molecular weight is 279 g/mol. The van der Waals surface area contributed by atoms with Crippen LogP contribution in [0, 0.1) is 0 Å². The first-order valence-corrected chi connectivity index (χ1v) is 6.90. The molecule has 1 aromatic carbocycles. The molecule has 0 saturated carbocycles. The van der Waals surface area contributed by atoms with E-state index in [1.807, 2.05) is 30.5 Å². The SMILES string of the molecule is CCOc1oc(-c2ccccc2SC)nc1C(=O)O. The second-order valence-electron chi connectivity index (χ2n) is 3.59. The summed E-state index contributed by atoms with van der Waals surface area (Å²) in [7, 11) is 0. The zero-order valence-corrected chi connectivity index (χ0v) is 11.4. The molecule has 6 heteroatoms. The van der Waals surface area contributed by atoms with Crippen LogP contribution in [0.4, 0.5) is 0 Å². The van der Waals surface area contributed by atoms with Crippen molar-refractivity contribution < 1.29 is 19.1 Å². The van der Waals surface area contributed by atoms with Gasteiger partial charge in [0, 0.05) is 4.90 Å². The maximum Gasteiger partial charge on any atom is 0.362 e. The normalized spacial score (nSPS) is 10.4. The number of rotatable bonds is 5. The highest BCUT2D eigenvalue weighted by atomic mass is 32.2. The van der Waals surface area contributed by atoms with Gasteiger partial charge < -0.3 is 14.3 Å². The van der Waals surface area contributed by atoms with Gasteiger partial charge in [-0.05, 0) is 25.3 Å². The van der Waals surface area contributed by atoms with Crippen molar-refractivity contribution in [2.75, 3.05) is 12.9 Å². The molecule has 0 spiro atoms. The predicted molar refractivity (Wildman–Crippen MR) is 71.8 cm³/mol. The highest BCUT2D eigenvalue weighted by Crippen LogP contribution is 2.33. The van der Waals surface area contributed by atoms with Crippen LogP contribution in [0.2, 0.25) is 0 Å². The van der Waals surface area contributed by atoms with E-state index in [1.54, 1.807) is 6.92 Å². The molecule has 0 fully saturated rings. The third-order valence-electron chi connectivity index (χ3n) is 2.41. The van der Waals surface area contributed by atoms with E-state index in [-0.39, 0.29) is 17.5 Å². The van der Waals surface area contributed by atoms with Gasteiger partial charge in [-0.1, -0.05) is 12.1 Å². The minimum atomic E-state index is -1.17. The van der Waals surface area contributed by atoms with Gasteiger partial charge in [-0.15, -0.1) is 11.8 Å². The molecule has 19 heavy (non-hydrogen) atoms. The van der Waals surface area contributed by atoms with Crippen LogP contribution in [0.25, 0.3) is 11.5 Å². The molecular formula is C13H13NO4S. The van der Waals surface area contributed by atoms with Crippen LogP contribution < -0.4 is 4.74 Å². The third kappa shape index (κ3) is 2.73. The van der Waals surface area contributed by atoms with Crippen molar-refractivity contribution in [1.82, 2.24) is 4.98 Å². The molecule has 0 aliphatic carbocycles. The fraction of sp³-hybridized carbons (Fsp3) is 0.231. The molecule has 100 valence electrons. The van der Waals surface area contributed by atoms with Crippen LogP contribution in [0.5, 0.6) is 5.95 Å². The summed E-state index contributed by atoms with van der Waals surface area (Å²) in [5, 5.41) is 9.07. The molecular weight excluding hydrogens is 266 g/mol. The molecule has 0 aliphatic rings. The van der Waals surface area contributed by atoms with E-state index in [9.17, 15) is 4.79 Å². The summed E-state index contributed by atoms with van der Waals surface area (Å²) in [4.78, 5) is 16.1. The molecule has 2 aromatic rings. The number of hydrogen-bond acceptors (Lipinski definition) is 5. The topological polar surface area (TPSA) is 72.6 Å². The smallest absolute Gasteiger partial charge is 0.362 e. The lowest BCUT2D eigenvalue weighted by Crippen LogP contribution is -2.01. The summed E-state index contributed by atoms with van der Waals surface area (Å²) < 4.78 is 10.6. The first-order chi connectivity index (χ1) is 9.17. The van der Waals surface area contributed by atoms with Crippen LogP contribution in [-0.2, 0) is 0 Å². The monoisotopic (exact) mass is 279 g/mol. The van der Waals surface area contributed by atoms with Crippen molar-refractivity contribution >= 4 is 17.7 Å². The molecule has 0 radical (unpaired) electrons. The van der Waals surface area contributed by atoms with E-state index in [0.717, 1.165) is 10.5 Å². The standard InChI is InChI=1S/C13H13NO4S/c1-3-17-13-10(12(15)16)14-11(18-13)8-6-4-5-7-9(8)19-2/h4-7H,3H2,1-2H3,(H,15,16). The maximum absolute atomic E-state index is 11.1. The van der Waals surface area contributed by atoms with Crippen molar-refractivity contribution in [3.63, 3.8) is 0 Å². The number of ether oxygens (including phenoxy) is 1. The first-order valence-electron chi connectivity index (χ1n) is 5.67. The Bertz CT molecular complexity index is 594. The maximum atomic E-state index is 11.1. The van der Waals surface area contributed by atoms with Crippen molar-refractivity contribution in [2.45, 2.75) is 11.8 Å². The van der Waals surface area contributed by atoms with E-state index < -0.39 is 5.97 Å². The number of carbonyl (C=O) groups is 1. The second kappa shape index (κ2) is 5.79. The molecule has 2 rings (SSSR count). The molecule has 1 aromatic heterocycles. The highest BCUT2D eigenvalue weighted by molar-refractivity contribution is 7.98. The summed E-state index contributed by atoms with van der Waals surface area (Å²) in [6.07, 6.45) is 1.93. The van der Waals surface area contributed by atoms with Crippen LogP contribution in [-0.4, -0.2) is 28.9 Å². The summed E-state index contributed by atoms with van der Waals surface area (Å²) in [6, 6.07) is 7.50. The number of oxazole rings is 1. The first kappa shape index (κ1) is 13.5. The van der Waals surface area contributed by atoms with Gasteiger partial charge in [0.1, 0.15) is 0 Å². The Balaban J connectivity index is 2.51. The summed E-state index contributed by atoms with van der Waals surface area (Å²) in [5.74, 6) is -0.966. The van der Waals surface area contributed by atoms with E-state index in [0.29, 0.717) is 6.61 Å². The molecule has 0 bridgehead atoms. The zero-order valence-electron chi connectivity index (χ0n) is 10.5. The van der Waals surface area contributed by atoms with Crippen molar-refractivity contribution in [2.24, 2.45) is 0 Å². The van der Waals surface area contributed by atoms with Crippen molar-refractivity contribution in [1.29, 1.82) is 0 Å². The van der Waals surface area contributed by atoms with Gasteiger partial charge in [-0.3, -0.25) is 0 Å². The minimum absolute atomic E-state index is 0.0547. The van der Waals surface area contributed by atoms with E-state index in [1.165, 1.54) is 11.8 Å². The quantitative estimate of drug-likeness (QED) is 0.847. The lowest BCUT2D eigenvalue weighted by molar-refractivity contribution is 0.0683. The van der Waals surface area contributed by atoms with Crippen molar-refractivity contribution in [3.05, 3.63) is 30.0 Å². The number of hydrogen-bond donors (Lipinski definition) is 1. The van der Waals surface area contributed by atoms with E-state index in [2.05, 4.69) is 4.98 Å². The fourth-order valence-electron chi connectivity index (χ4n) is 1.61. The van der Waals surface area contributed by atoms with Crippen LogP contribution in [0.3, 0.4) is 0 Å². The Kier molecular flexibility index (Phi) is 4.11. The Morgan fingerprint density at radius 3 is 2.84 bits per heavy atom. The summed E-state index contributed by atoms with van der Waals surface area (Å²) in [6.45, 7) is 2.07. The molecule has 0 unspecified atom stereocenters. The molecule has 5 nitrogen and oxygen atoms in total. The van der Waals surface area contributed by atoms with E-state index in [4.69, 9.17) is 14.3 Å². The number of carboxylic acid groups (broad SMARTS) is 1. The fourth-order valence-corrected chi connectivity index (χ4v) is 2.20. The largest absolute Gasteiger partial charge is 0.476 e. The van der Waals surface area contributed by atoms with Crippen LogP contribution >= 0.6 is 11.8 Å². The summed E-state index contributed by atoms with van der Waals surface area (Å²) in [5.41, 5.74) is 0.552. The van der Waals surface area contributed by atoms with Gasteiger partial charge in [0.2, 0.25) is 11.6 Å². The number of thioether (sulfide) groups is 1. The molecule has 0 amide bonds. The molecule has 1 N–H and O–H groups in total. The molecule has 1 heterocycles. The summed E-state index contributed by atoms with van der Waals surface area (Å²) >= 11 is 1.54. The van der Waals surface area contributed by atoms with Gasteiger partial charge in [0.25, 0.3) is 0 Å². The van der Waals surface area contributed by atoms with Gasteiger partial charge in [-0.2, -0.15) is 4.98 Å². The third-order valence-corrected chi connectivity index (χ3v) is 3.21. The Hall–Kier alpha value is -1.95. The molecule has 0 aliphatic heterocycles. The average Bonchev–Trinajstić information content (AvgIpc) is 2.83. The lowest BCUT2D eigenvalue weighted by atomic mass is 10.2. The lowest BCUT2D eigenvalue weighted by Gasteiger charge is -2.02. The number of benzene rings is 1. The zero-order chi connectivity index (χ0) is 13.8. The Morgan fingerprint density at radius 1 is 1.47 bits per heavy atom. The van der Waals surface area contributed by atoms with Gasteiger partial charge in [0.05, 0.1) is 12.2 Å². The highest BCUT2D eigenvalue weighted by Gasteiger charge is 2.22. The number of aromatic nitrogens is 1. The Labute approximate surface area is 114 Å². The number of aromatic carboxylic acids is 1. The molecule has 0 saturated heterocycles. The van der Waals surface area contributed by atoms with Crippen LogP contribution in [0.1, 0.15) is 17.4 Å². The molecule has 0 atom stereocenters. The Morgan fingerprint density at radius 2 is 2.21 bits per heavy atom. The minimum Gasteiger partial charge on any atom is -0.476 e. The second-order valence-corrected chi connectivity index (χ2v) is 4.44.